The van der Waals surface area contributed by atoms with Gasteiger partial charge in [0.05, 0.1) is 6.42 Å². The van der Waals surface area contributed by atoms with E-state index in [2.05, 4.69) is 25.0 Å². The maximum atomic E-state index is 13.7. The lowest BCUT2D eigenvalue weighted by Gasteiger charge is -2.12. The normalized spacial score (nSPS) is 10.8. The SMILES string of the molecule is Cc1nonc1CC(=O)NCc1c(F)cccc1OC(F)F. The van der Waals surface area contributed by atoms with Crippen molar-refractivity contribution in [2.75, 3.05) is 0 Å². The van der Waals surface area contributed by atoms with Crippen LogP contribution in [0.25, 0.3) is 0 Å². The number of ether oxygens (including phenoxy) is 1. The molecule has 0 aliphatic carbocycles. The molecule has 9 heteroatoms. The quantitative estimate of drug-likeness (QED) is 0.882. The number of amides is 1. The summed E-state index contributed by atoms with van der Waals surface area (Å²) in [6, 6.07) is 3.52. The van der Waals surface area contributed by atoms with Crippen LogP contribution >= 0.6 is 0 Å². The van der Waals surface area contributed by atoms with Crippen molar-refractivity contribution in [2.45, 2.75) is 26.5 Å². The molecular weight excluding hydrogens is 303 g/mol. The van der Waals surface area contributed by atoms with Gasteiger partial charge in [-0.3, -0.25) is 4.79 Å². The number of hydrogen-bond donors (Lipinski definition) is 1. The second-order valence-corrected chi connectivity index (χ2v) is 4.34. The third kappa shape index (κ3) is 3.96. The van der Waals surface area contributed by atoms with E-state index < -0.39 is 18.3 Å². The maximum Gasteiger partial charge on any atom is 0.387 e. The maximum absolute atomic E-state index is 13.7. The van der Waals surface area contributed by atoms with Crippen LogP contribution in [0.4, 0.5) is 13.2 Å². The number of nitrogens with one attached hydrogen (secondary N) is 1. The van der Waals surface area contributed by atoms with Crippen LogP contribution in [-0.2, 0) is 17.8 Å². The van der Waals surface area contributed by atoms with E-state index >= 15 is 0 Å². The highest BCUT2D eigenvalue weighted by Gasteiger charge is 2.16. The zero-order chi connectivity index (χ0) is 16.1. The highest BCUT2D eigenvalue weighted by Crippen LogP contribution is 2.23. The zero-order valence-electron chi connectivity index (χ0n) is 11.5. The Bertz CT molecular complexity index is 661. The number of benzene rings is 1. The number of halogens is 3. The summed E-state index contributed by atoms with van der Waals surface area (Å²) in [7, 11) is 0. The zero-order valence-corrected chi connectivity index (χ0v) is 11.5. The van der Waals surface area contributed by atoms with Gasteiger partial charge in [-0.1, -0.05) is 16.4 Å². The number of aryl methyl sites for hydroxylation is 1. The number of nitrogens with zero attached hydrogens (tertiary/aromatic N) is 2. The fourth-order valence-electron chi connectivity index (χ4n) is 1.73. The van der Waals surface area contributed by atoms with Gasteiger partial charge >= 0.3 is 6.61 Å². The Morgan fingerprint density at radius 2 is 2.18 bits per heavy atom. The molecule has 118 valence electrons. The summed E-state index contributed by atoms with van der Waals surface area (Å²) in [5.41, 5.74) is 0.643. The van der Waals surface area contributed by atoms with E-state index in [0.29, 0.717) is 11.4 Å². The minimum atomic E-state index is -3.08. The molecule has 2 aromatic rings. The van der Waals surface area contributed by atoms with Crippen molar-refractivity contribution in [3.63, 3.8) is 0 Å². The monoisotopic (exact) mass is 315 g/mol. The fraction of sp³-hybridized carbons (Fsp3) is 0.308. The lowest BCUT2D eigenvalue weighted by Crippen LogP contribution is -2.26. The highest BCUT2D eigenvalue weighted by atomic mass is 19.3. The molecule has 0 saturated heterocycles. The van der Waals surface area contributed by atoms with Crippen molar-refractivity contribution in [3.8, 4) is 5.75 Å². The molecule has 1 heterocycles. The Hall–Kier alpha value is -2.58. The minimum Gasteiger partial charge on any atom is -0.434 e. The molecule has 0 atom stereocenters. The smallest absolute Gasteiger partial charge is 0.387 e. The molecule has 1 amide bonds. The molecule has 6 nitrogen and oxygen atoms in total. The van der Waals surface area contributed by atoms with Gasteiger partial charge in [0, 0.05) is 12.1 Å². The molecule has 0 aliphatic rings. The summed E-state index contributed by atoms with van der Waals surface area (Å²) in [4.78, 5) is 11.7. The van der Waals surface area contributed by atoms with Crippen LogP contribution in [-0.4, -0.2) is 22.8 Å². The topological polar surface area (TPSA) is 77.2 Å². The number of carbonyl (C=O) groups is 1. The fourth-order valence-corrected chi connectivity index (χ4v) is 1.73. The number of aromatic nitrogens is 2. The molecule has 1 aromatic heterocycles. The van der Waals surface area contributed by atoms with E-state index in [1.165, 1.54) is 12.1 Å². The first-order chi connectivity index (χ1) is 10.5. The summed E-state index contributed by atoms with van der Waals surface area (Å²) < 4.78 is 46.9. The molecule has 1 N–H and O–H groups in total. The van der Waals surface area contributed by atoms with Crippen molar-refractivity contribution in [1.82, 2.24) is 15.6 Å². The van der Waals surface area contributed by atoms with Gasteiger partial charge in [-0.2, -0.15) is 8.78 Å². The standard InChI is InChI=1S/C13H12F3N3O3/c1-7-10(19-22-18-7)5-12(20)17-6-8-9(14)3-2-4-11(8)21-13(15)16/h2-4,13H,5-6H2,1H3,(H,17,20). The number of hydrogen-bond acceptors (Lipinski definition) is 5. The third-order valence-corrected chi connectivity index (χ3v) is 2.83. The van der Waals surface area contributed by atoms with Crippen LogP contribution in [0.15, 0.2) is 22.8 Å². The van der Waals surface area contributed by atoms with Crippen molar-refractivity contribution in [2.24, 2.45) is 0 Å². The Morgan fingerprint density at radius 1 is 1.41 bits per heavy atom. The summed E-state index contributed by atoms with van der Waals surface area (Å²) in [6.45, 7) is -1.76. The van der Waals surface area contributed by atoms with E-state index in [9.17, 15) is 18.0 Å². The molecule has 1 aromatic carbocycles. The summed E-state index contributed by atoms with van der Waals surface area (Å²) >= 11 is 0. The van der Waals surface area contributed by atoms with Gasteiger partial charge < -0.3 is 10.1 Å². The van der Waals surface area contributed by atoms with Gasteiger partial charge in [0.1, 0.15) is 23.0 Å². The van der Waals surface area contributed by atoms with Crippen molar-refractivity contribution in [3.05, 3.63) is 41.0 Å². The molecule has 0 fully saturated rings. The van der Waals surface area contributed by atoms with Crippen LogP contribution in [0.2, 0.25) is 0 Å². The van der Waals surface area contributed by atoms with Crippen LogP contribution in [0.1, 0.15) is 17.0 Å². The average molecular weight is 315 g/mol. The third-order valence-electron chi connectivity index (χ3n) is 2.83. The highest BCUT2D eigenvalue weighted by molar-refractivity contribution is 5.78. The molecule has 0 spiro atoms. The van der Waals surface area contributed by atoms with E-state index in [0.717, 1.165) is 6.07 Å². The van der Waals surface area contributed by atoms with Crippen molar-refractivity contribution < 1.29 is 27.3 Å². The van der Waals surface area contributed by atoms with E-state index in [1.54, 1.807) is 6.92 Å². The molecule has 0 bridgehead atoms. The molecule has 22 heavy (non-hydrogen) atoms. The van der Waals surface area contributed by atoms with E-state index in [-0.39, 0.29) is 24.3 Å². The van der Waals surface area contributed by atoms with Crippen LogP contribution in [0.3, 0.4) is 0 Å². The second-order valence-electron chi connectivity index (χ2n) is 4.34. The Labute approximate surface area is 123 Å². The Balaban J connectivity index is 2.02. The number of rotatable bonds is 6. The summed E-state index contributed by atoms with van der Waals surface area (Å²) in [6.07, 6.45) is -0.116. The van der Waals surface area contributed by atoms with E-state index in [4.69, 9.17) is 0 Å². The molecule has 0 saturated carbocycles. The predicted octanol–water partition coefficient (Wildman–Crippen LogP) is 1.98. The molecule has 0 radical (unpaired) electrons. The summed E-state index contributed by atoms with van der Waals surface area (Å²) in [5, 5.41) is 9.47. The first-order valence-electron chi connectivity index (χ1n) is 6.24. The van der Waals surface area contributed by atoms with Gasteiger partial charge in [0.25, 0.3) is 0 Å². The van der Waals surface area contributed by atoms with Gasteiger partial charge in [0.15, 0.2) is 0 Å². The Morgan fingerprint density at radius 3 is 2.82 bits per heavy atom. The second kappa shape index (κ2) is 6.92. The predicted molar refractivity (Wildman–Crippen MR) is 67.6 cm³/mol. The lowest BCUT2D eigenvalue weighted by molar-refractivity contribution is -0.120. The molecule has 0 unspecified atom stereocenters. The summed E-state index contributed by atoms with van der Waals surface area (Å²) in [5.74, 6) is -1.56. The first kappa shape index (κ1) is 15.8. The van der Waals surface area contributed by atoms with E-state index in [1.807, 2.05) is 0 Å². The number of carbonyl (C=O) groups excluding carboxylic acids is 1. The lowest BCUT2D eigenvalue weighted by atomic mass is 10.1. The van der Waals surface area contributed by atoms with Crippen LogP contribution in [0.5, 0.6) is 5.75 Å². The first-order valence-corrected chi connectivity index (χ1v) is 6.24. The molecular formula is C13H12F3N3O3. The average Bonchev–Trinajstić information content (AvgIpc) is 2.83. The van der Waals surface area contributed by atoms with Gasteiger partial charge in [-0.15, -0.1) is 0 Å². The molecule has 0 aliphatic heterocycles. The molecule has 2 rings (SSSR count). The van der Waals surface area contributed by atoms with Crippen molar-refractivity contribution >= 4 is 5.91 Å². The number of alkyl halides is 2. The Kier molecular flexibility index (Phi) is 4.97. The van der Waals surface area contributed by atoms with Crippen LogP contribution in [0, 0.1) is 12.7 Å². The van der Waals surface area contributed by atoms with Gasteiger partial charge in [-0.25, -0.2) is 9.02 Å². The largest absolute Gasteiger partial charge is 0.434 e. The van der Waals surface area contributed by atoms with Gasteiger partial charge in [0.2, 0.25) is 5.91 Å². The van der Waals surface area contributed by atoms with Crippen molar-refractivity contribution in [1.29, 1.82) is 0 Å². The van der Waals surface area contributed by atoms with Crippen LogP contribution < -0.4 is 10.1 Å². The van der Waals surface area contributed by atoms with Gasteiger partial charge in [-0.05, 0) is 19.1 Å². The minimum absolute atomic E-state index is 0.116.